The predicted octanol–water partition coefficient (Wildman–Crippen LogP) is 11.5. The van der Waals surface area contributed by atoms with E-state index in [9.17, 15) is 0 Å². The molecule has 0 fully saturated rings. The molecule has 5 heteroatoms. The lowest BCUT2D eigenvalue weighted by Crippen LogP contribution is -2.00. The number of benzene rings is 7. The van der Waals surface area contributed by atoms with Crippen molar-refractivity contribution in [1.29, 1.82) is 0 Å². The molecule has 0 aliphatic heterocycles. The molecule has 0 spiro atoms. The van der Waals surface area contributed by atoms with Crippen LogP contribution in [0.5, 0.6) is 0 Å². The molecule has 0 atom stereocenters. The fraction of sp³-hybridized carbons (Fsp3) is 0. The zero-order chi connectivity index (χ0) is 31.6. The molecule has 224 valence electrons. The van der Waals surface area contributed by atoms with E-state index in [1.807, 2.05) is 84.9 Å². The van der Waals surface area contributed by atoms with E-state index in [1.165, 1.54) is 0 Å². The Hall–Kier alpha value is -6.59. The normalized spacial score (nSPS) is 11.8. The van der Waals surface area contributed by atoms with E-state index in [1.54, 1.807) is 0 Å². The van der Waals surface area contributed by atoms with Gasteiger partial charge in [0, 0.05) is 38.1 Å². The quantitative estimate of drug-likeness (QED) is 0.197. The van der Waals surface area contributed by atoms with Gasteiger partial charge in [-0.15, -0.1) is 0 Å². The first kappa shape index (κ1) is 26.6. The van der Waals surface area contributed by atoms with Gasteiger partial charge in [-0.05, 0) is 46.8 Å². The van der Waals surface area contributed by atoms with Gasteiger partial charge in [-0.3, -0.25) is 0 Å². The maximum atomic E-state index is 6.65. The fourth-order valence-electron chi connectivity index (χ4n) is 6.85. The molecule has 0 bridgehead atoms. The van der Waals surface area contributed by atoms with E-state index in [0.717, 1.165) is 82.5 Å². The summed E-state index contributed by atoms with van der Waals surface area (Å²) < 4.78 is 13.1. The summed E-state index contributed by atoms with van der Waals surface area (Å²) in [5.74, 6) is 1.70. The van der Waals surface area contributed by atoms with Crippen LogP contribution in [0, 0.1) is 0 Å². The van der Waals surface area contributed by atoms with Crippen molar-refractivity contribution >= 4 is 54.6 Å². The van der Waals surface area contributed by atoms with Crippen molar-refractivity contribution < 1.29 is 8.83 Å². The van der Waals surface area contributed by atoms with Gasteiger partial charge < -0.3 is 8.83 Å². The Morgan fingerprint density at radius 1 is 0.354 bits per heavy atom. The van der Waals surface area contributed by atoms with E-state index in [-0.39, 0.29) is 0 Å². The highest BCUT2D eigenvalue weighted by Gasteiger charge is 2.22. The minimum absolute atomic E-state index is 0.545. The van der Waals surface area contributed by atoms with Gasteiger partial charge in [0.05, 0.1) is 5.56 Å². The van der Waals surface area contributed by atoms with Crippen LogP contribution < -0.4 is 0 Å². The summed E-state index contributed by atoms with van der Waals surface area (Å²) in [5, 5.41) is 6.14. The van der Waals surface area contributed by atoms with Crippen LogP contribution in [0.1, 0.15) is 0 Å². The first-order valence-electron chi connectivity index (χ1n) is 15.9. The Kier molecular flexibility index (Phi) is 5.81. The average molecular weight is 616 g/mol. The molecule has 0 saturated heterocycles. The summed E-state index contributed by atoms with van der Waals surface area (Å²) in [6.45, 7) is 0. The fourth-order valence-corrected chi connectivity index (χ4v) is 6.85. The Morgan fingerprint density at radius 3 is 1.75 bits per heavy atom. The number of hydrogen-bond acceptors (Lipinski definition) is 5. The highest BCUT2D eigenvalue weighted by molar-refractivity contribution is 6.21. The molecule has 10 aromatic rings. The average Bonchev–Trinajstić information content (AvgIpc) is 3.74. The molecule has 7 aromatic carbocycles. The summed E-state index contributed by atoms with van der Waals surface area (Å²) in [4.78, 5) is 15.4. The minimum Gasteiger partial charge on any atom is -0.455 e. The topological polar surface area (TPSA) is 65.0 Å². The van der Waals surface area contributed by atoms with E-state index in [2.05, 4.69) is 66.7 Å². The van der Waals surface area contributed by atoms with Crippen LogP contribution in [0.2, 0.25) is 0 Å². The van der Waals surface area contributed by atoms with Crippen LogP contribution in [-0.4, -0.2) is 15.0 Å². The molecular weight excluding hydrogens is 590 g/mol. The molecule has 3 aromatic heterocycles. The second kappa shape index (κ2) is 10.5. The molecule has 3 heterocycles. The number of para-hydroxylation sites is 3. The largest absolute Gasteiger partial charge is 0.455 e. The number of rotatable bonds is 4. The van der Waals surface area contributed by atoms with Crippen molar-refractivity contribution in [3.63, 3.8) is 0 Å². The lowest BCUT2D eigenvalue weighted by molar-refractivity contribution is 0.669. The molecule has 0 aliphatic rings. The molecule has 5 nitrogen and oxygen atoms in total. The zero-order valence-corrected chi connectivity index (χ0v) is 25.6. The van der Waals surface area contributed by atoms with Crippen LogP contribution in [0.25, 0.3) is 99.9 Å². The summed E-state index contributed by atoms with van der Waals surface area (Å²) in [6.07, 6.45) is 0. The Labute approximate surface area is 274 Å². The molecular formula is C43H25N3O2. The number of fused-ring (bicyclic) bond motifs is 8. The van der Waals surface area contributed by atoms with E-state index >= 15 is 0 Å². The highest BCUT2D eigenvalue weighted by atomic mass is 16.3. The van der Waals surface area contributed by atoms with Gasteiger partial charge in [0.1, 0.15) is 22.3 Å². The first-order chi connectivity index (χ1) is 23.8. The van der Waals surface area contributed by atoms with Gasteiger partial charge in [0.15, 0.2) is 17.5 Å². The van der Waals surface area contributed by atoms with E-state index in [4.69, 9.17) is 23.8 Å². The third-order valence-electron chi connectivity index (χ3n) is 9.12. The van der Waals surface area contributed by atoms with Gasteiger partial charge in [-0.2, -0.15) is 0 Å². The van der Waals surface area contributed by atoms with Gasteiger partial charge in [-0.25, -0.2) is 15.0 Å². The second-order valence-corrected chi connectivity index (χ2v) is 12.0. The Morgan fingerprint density at radius 2 is 0.958 bits per heavy atom. The second-order valence-electron chi connectivity index (χ2n) is 12.0. The van der Waals surface area contributed by atoms with Crippen molar-refractivity contribution in [1.82, 2.24) is 15.0 Å². The highest BCUT2D eigenvalue weighted by Crippen LogP contribution is 2.42. The van der Waals surface area contributed by atoms with Crippen LogP contribution in [0.15, 0.2) is 160 Å². The maximum absolute atomic E-state index is 6.65. The van der Waals surface area contributed by atoms with Crippen LogP contribution in [0.3, 0.4) is 0 Å². The monoisotopic (exact) mass is 615 g/mol. The lowest BCUT2D eigenvalue weighted by atomic mass is 9.96. The summed E-state index contributed by atoms with van der Waals surface area (Å²) in [6, 6.07) is 51.6. The molecule has 0 radical (unpaired) electrons. The van der Waals surface area contributed by atoms with E-state index in [0.29, 0.717) is 17.5 Å². The molecule has 0 saturated carbocycles. The zero-order valence-electron chi connectivity index (χ0n) is 25.6. The third kappa shape index (κ3) is 4.15. The third-order valence-corrected chi connectivity index (χ3v) is 9.12. The SMILES string of the molecule is c1ccc(-c2ccc3cc(-c4nc(-c5ccccc5)nc(-c5cccc6c5oc5ccccc56)n4)c4c5ccccc5oc4c3c2)cc1. The number of furan rings is 2. The summed E-state index contributed by atoms with van der Waals surface area (Å²) in [7, 11) is 0. The minimum atomic E-state index is 0.545. The van der Waals surface area contributed by atoms with Crippen LogP contribution in [-0.2, 0) is 0 Å². The van der Waals surface area contributed by atoms with Crippen molar-refractivity contribution in [3.8, 4) is 45.3 Å². The van der Waals surface area contributed by atoms with Crippen molar-refractivity contribution in [3.05, 3.63) is 152 Å². The Balaban J connectivity index is 1.28. The van der Waals surface area contributed by atoms with Gasteiger partial charge in [-0.1, -0.05) is 121 Å². The van der Waals surface area contributed by atoms with Gasteiger partial charge in [0.25, 0.3) is 0 Å². The first-order valence-corrected chi connectivity index (χ1v) is 15.9. The maximum Gasteiger partial charge on any atom is 0.167 e. The van der Waals surface area contributed by atoms with Crippen molar-refractivity contribution in [2.75, 3.05) is 0 Å². The molecule has 0 N–H and O–H groups in total. The standard InChI is InChI=1S/C43H25N3O2/c1-3-12-26(13-4-1)28-22-23-29-25-35(38-32-17-8-10-21-37(32)48-40(38)34(29)24-28)43-45-41(27-14-5-2-6-15-27)44-42(46-43)33-19-11-18-31-30-16-7-9-20-36(30)47-39(31)33/h1-25H. The number of nitrogens with zero attached hydrogens (tertiary/aromatic N) is 3. The molecule has 10 rings (SSSR count). The summed E-state index contributed by atoms with van der Waals surface area (Å²) >= 11 is 0. The molecule has 48 heavy (non-hydrogen) atoms. The number of aromatic nitrogens is 3. The number of hydrogen-bond donors (Lipinski definition) is 0. The lowest BCUT2D eigenvalue weighted by Gasteiger charge is -2.11. The molecule has 0 aliphatic carbocycles. The van der Waals surface area contributed by atoms with Crippen LogP contribution >= 0.6 is 0 Å². The van der Waals surface area contributed by atoms with Gasteiger partial charge >= 0.3 is 0 Å². The predicted molar refractivity (Wildman–Crippen MR) is 194 cm³/mol. The molecule has 0 unspecified atom stereocenters. The van der Waals surface area contributed by atoms with Crippen molar-refractivity contribution in [2.24, 2.45) is 0 Å². The van der Waals surface area contributed by atoms with Crippen LogP contribution in [0.4, 0.5) is 0 Å². The van der Waals surface area contributed by atoms with E-state index < -0.39 is 0 Å². The van der Waals surface area contributed by atoms with Gasteiger partial charge in [0.2, 0.25) is 0 Å². The van der Waals surface area contributed by atoms with Crippen molar-refractivity contribution in [2.45, 2.75) is 0 Å². The smallest absolute Gasteiger partial charge is 0.167 e. The Bertz CT molecular complexity index is 2840. The molecule has 0 amide bonds. The summed E-state index contributed by atoms with van der Waals surface area (Å²) in [5.41, 5.74) is 8.08.